The fourth-order valence-corrected chi connectivity index (χ4v) is 1.85. The van der Waals surface area contributed by atoms with Crippen molar-refractivity contribution in [1.82, 2.24) is 0 Å². The third-order valence-corrected chi connectivity index (χ3v) is 3.28. The molecule has 1 unspecified atom stereocenters. The van der Waals surface area contributed by atoms with Crippen LogP contribution in [0.2, 0.25) is 0 Å². The Morgan fingerprint density at radius 1 is 1.18 bits per heavy atom. The first-order valence-corrected chi connectivity index (χ1v) is 6.93. The quantitative estimate of drug-likeness (QED) is 0.632. The fraction of sp³-hybridized carbons (Fsp3) is 0.667. The SMILES string of the molecule is CCCCC(CC)CO[n+]1ccc(CC)cc1. The molecule has 1 rings (SSSR count). The van der Waals surface area contributed by atoms with Crippen molar-refractivity contribution in [1.29, 1.82) is 0 Å². The van der Waals surface area contributed by atoms with Crippen molar-refractivity contribution in [3.05, 3.63) is 30.1 Å². The van der Waals surface area contributed by atoms with Crippen molar-refractivity contribution in [2.24, 2.45) is 5.92 Å². The molecule has 0 N–H and O–H groups in total. The van der Waals surface area contributed by atoms with E-state index in [4.69, 9.17) is 4.84 Å². The van der Waals surface area contributed by atoms with Gasteiger partial charge in [-0.25, -0.2) is 0 Å². The number of rotatable bonds is 8. The molecular formula is C15H26NO+. The van der Waals surface area contributed by atoms with Gasteiger partial charge in [-0.2, -0.15) is 0 Å². The van der Waals surface area contributed by atoms with Crippen LogP contribution in [0.5, 0.6) is 0 Å². The van der Waals surface area contributed by atoms with Gasteiger partial charge in [-0.1, -0.05) is 33.6 Å². The molecule has 2 nitrogen and oxygen atoms in total. The summed E-state index contributed by atoms with van der Waals surface area (Å²) in [5.74, 6) is 0.688. The van der Waals surface area contributed by atoms with Gasteiger partial charge < -0.3 is 0 Å². The van der Waals surface area contributed by atoms with E-state index in [1.807, 2.05) is 17.1 Å². The summed E-state index contributed by atoms with van der Waals surface area (Å²) in [5, 5.41) is 0. The maximum absolute atomic E-state index is 5.77. The molecule has 0 radical (unpaired) electrons. The predicted molar refractivity (Wildman–Crippen MR) is 70.8 cm³/mol. The fourth-order valence-electron chi connectivity index (χ4n) is 1.85. The molecule has 2 heteroatoms. The van der Waals surface area contributed by atoms with E-state index in [1.54, 1.807) is 0 Å². The van der Waals surface area contributed by atoms with E-state index in [-0.39, 0.29) is 0 Å². The summed E-state index contributed by atoms with van der Waals surface area (Å²) in [6, 6.07) is 4.24. The summed E-state index contributed by atoms with van der Waals surface area (Å²) in [7, 11) is 0. The summed E-state index contributed by atoms with van der Waals surface area (Å²) >= 11 is 0. The molecular weight excluding hydrogens is 210 g/mol. The zero-order valence-corrected chi connectivity index (χ0v) is 11.5. The maximum Gasteiger partial charge on any atom is 0.222 e. The van der Waals surface area contributed by atoms with Crippen LogP contribution in [0.15, 0.2) is 24.5 Å². The number of hydrogen-bond acceptors (Lipinski definition) is 1. The van der Waals surface area contributed by atoms with Crippen molar-refractivity contribution < 1.29 is 9.57 Å². The molecule has 96 valence electrons. The molecule has 1 atom stereocenters. The number of pyridine rings is 1. The van der Waals surface area contributed by atoms with Crippen molar-refractivity contribution >= 4 is 0 Å². The Hall–Kier alpha value is -1.05. The topological polar surface area (TPSA) is 13.1 Å². The first-order chi connectivity index (χ1) is 8.30. The van der Waals surface area contributed by atoms with Gasteiger partial charge in [0, 0.05) is 16.9 Å². The van der Waals surface area contributed by atoms with E-state index in [0.29, 0.717) is 5.92 Å². The minimum Gasteiger partial charge on any atom is -0.271 e. The van der Waals surface area contributed by atoms with Crippen LogP contribution in [-0.2, 0) is 6.42 Å². The minimum absolute atomic E-state index is 0.688. The van der Waals surface area contributed by atoms with Gasteiger partial charge in [0.2, 0.25) is 12.4 Å². The number of aromatic nitrogens is 1. The Balaban J connectivity index is 2.36. The molecule has 17 heavy (non-hydrogen) atoms. The van der Waals surface area contributed by atoms with Gasteiger partial charge in [-0.3, -0.25) is 4.84 Å². The smallest absolute Gasteiger partial charge is 0.222 e. The number of unbranched alkanes of at least 4 members (excludes halogenated alkanes) is 1. The Morgan fingerprint density at radius 3 is 2.41 bits per heavy atom. The second-order valence-corrected chi connectivity index (χ2v) is 4.63. The van der Waals surface area contributed by atoms with E-state index in [1.165, 1.54) is 31.2 Å². The number of hydrogen-bond donors (Lipinski definition) is 0. The number of nitrogens with zero attached hydrogens (tertiary/aromatic N) is 1. The largest absolute Gasteiger partial charge is 0.271 e. The van der Waals surface area contributed by atoms with Crippen LogP contribution in [0, 0.1) is 5.92 Å². The molecule has 0 fully saturated rings. The van der Waals surface area contributed by atoms with Crippen LogP contribution in [0.25, 0.3) is 0 Å². The molecule has 0 saturated heterocycles. The first-order valence-electron chi connectivity index (χ1n) is 6.93. The van der Waals surface area contributed by atoms with Crippen LogP contribution < -0.4 is 9.57 Å². The highest BCUT2D eigenvalue weighted by Crippen LogP contribution is 2.11. The molecule has 0 aliphatic heterocycles. The Kier molecular flexibility index (Phi) is 6.68. The third-order valence-electron chi connectivity index (χ3n) is 3.28. The predicted octanol–water partition coefficient (Wildman–Crippen LogP) is 3.18. The molecule has 0 amide bonds. The molecule has 1 heterocycles. The highest BCUT2D eigenvalue weighted by molar-refractivity contribution is 5.06. The molecule has 1 aromatic rings. The highest BCUT2D eigenvalue weighted by Gasteiger charge is 2.10. The van der Waals surface area contributed by atoms with Gasteiger partial charge >= 0.3 is 0 Å². The molecule has 0 aliphatic rings. The van der Waals surface area contributed by atoms with E-state index < -0.39 is 0 Å². The van der Waals surface area contributed by atoms with Crippen molar-refractivity contribution in [2.75, 3.05) is 6.61 Å². The summed E-state index contributed by atoms with van der Waals surface area (Å²) < 4.78 is 1.83. The first kappa shape index (κ1) is 14.0. The van der Waals surface area contributed by atoms with Crippen LogP contribution in [-0.4, -0.2) is 6.61 Å². The lowest BCUT2D eigenvalue weighted by molar-refractivity contribution is -0.892. The lowest BCUT2D eigenvalue weighted by Crippen LogP contribution is -2.44. The second-order valence-electron chi connectivity index (χ2n) is 4.63. The lowest BCUT2D eigenvalue weighted by Gasteiger charge is -2.11. The average molecular weight is 236 g/mol. The van der Waals surface area contributed by atoms with E-state index >= 15 is 0 Å². The van der Waals surface area contributed by atoms with Crippen LogP contribution in [0.4, 0.5) is 0 Å². The minimum atomic E-state index is 0.688. The van der Waals surface area contributed by atoms with Crippen molar-refractivity contribution in [3.63, 3.8) is 0 Å². The zero-order valence-electron chi connectivity index (χ0n) is 11.5. The van der Waals surface area contributed by atoms with E-state index in [9.17, 15) is 0 Å². The molecule has 1 aromatic heterocycles. The zero-order chi connectivity index (χ0) is 12.5. The molecule has 0 bridgehead atoms. The van der Waals surface area contributed by atoms with Gasteiger partial charge in [-0.05, 0) is 30.7 Å². The Labute approximate surface area is 106 Å². The van der Waals surface area contributed by atoms with Gasteiger partial charge in [0.15, 0.2) is 6.61 Å². The molecule has 0 aliphatic carbocycles. The third kappa shape index (κ3) is 5.20. The average Bonchev–Trinajstić information content (AvgIpc) is 2.39. The highest BCUT2D eigenvalue weighted by atomic mass is 16.7. The normalized spacial score (nSPS) is 12.4. The number of aryl methyl sites for hydroxylation is 1. The van der Waals surface area contributed by atoms with Crippen LogP contribution >= 0.6 is 0 Å². The van der Waals surface area contributed by atoms with Gasteiger partial charge in [-0.15, -0.1) is 0 Å². The van der Waals surface area contributed by atoms with Crippen molar-refractivity contribution in [2.45, 2.75) is 52.9 Å². The summed E-state index contributed by atoms with van der Waals surface area (Å²) in [4.78, 5) is 5.77. The maximum atomic E-state index is 5.77. The Morgan fingerprint density at radius 2 is 1.88 bits per heavy atom. The van der Waals surface area contributed by atoms with Gasteiger partial charge in [0.05, 0.1) is 0 Å². The summed E-state index contributed by atoms with van der Waals surface area (Å²) in [6.45, 7) is 7.48. The van der Waals surface area contributed by atoms with Gasteiger partial charge in [0.25, 0.3) is 0 Å². The van der Waals surface area contributed by atoms with E-state index in [2.05, 4.69) is 32.9 Å². The summed E-state index contributed by atoms with van der Waals surface area (Å²) in [5.41, 5.74) is 1.35. The molecule has 0 aromatic carbocycles. The lowest BCUT2D eigenvalue weighted by atomic mass is 10.0. The Bertz CT molecular complexity index is 294. The van der Waals surface area contributed by atoms with Crippen LogP contribution in [0.1, 0.15) is 52.0 Å². The van der Waals surface area contributed by atoms with Crippen molar-refractivity contribution in [3.8, 4) is 0 Å². The molecule has 0 spiro atoms. The molecule has 0 saturated carbocycles. The van der Waals surface area contributed by atoms with Crippen LogP contribution in [0.3, 0.4) is 0 Å². The monoisotopic (exact) mass is 236 g/mol. The van der Waals surface area contributed by atoms with Gasteiger partial charge in [0.1, 0.15) is 0 Å². The van der Waals surface area contributed by atoms with E-state index in [0.717, 1.165) is 13.0 Å². The standard InChI is InChI=1S/C15H26NO/c1-4-7-8-15(6-3)13-17-16-11-9-14(5-2)10-12-16/h9-12,15H,4-8,13H2,1-3H3/q+1. The summed E-state index contributed by atoms with van der Waals surface area (Å²) in [6.07, 6.45) is 10.1. The second kappa shape index (κ2) is 8.10.